The average molecular weight is 396 g/mol. The maximum atomic E-state index is 12.8. The van der Waals surface area contributed by atoms with Crippen LogP contribution in [0.5, 0.6) is 0 Å². The SMILES string of the molecule is CSc1nc(C2CC2)nc(C)c1C(=O)NC(C)c1ccc(Cl)cc1Cl. The van der Waals surface area contributed by atoms with Crippen LogP contribution in [0, 0.1) is 6.92 Å². The first kappa shape index (κ1) is 18.5. The number of hydrogen-bond donors (Lipinski definition) is 1. The highest BCUT2D eigenvalue weighted by molar-refractivity contribution is 7.98. The number of rotatable bonds is 5. The number of amides is 1. The molecule has 0 spiro atoms. The third-order valence-electron chi connectivity index (χ3n) is 4.21. The molecule has 7 heteroatoms. The van der Waals surface area contributed by atoms with Crippen molar-refractivity contribution in [1.82, 2.24) is 15.3 Å². The topological polar surface area (TPSA) is 54.9 Å². The molecule has 1 aliphatic rings. The van der Waals surface area contributed by atoms with Crippen molar-refractivity contribution < 1.29 is 4.79 Å². The highest BCUT2D eigenvalue weighted by Crippen LogP contribution is 2.39. The predicted molar refractivity (Wildman–Crippen MR) is 103 cm³/mol. The molecule has 1 aliphatic carbocycles. The molecule has 1 aromatic carbocycles. The van der Waals surface area contributed by atoms with Crippen molar-refractivity contribution in [2.24, 2.45) is 0 Å². The summed E-state index contributed by atoms with van der Waals surface area (Å²) in [6, 6.07) is 5.00. The Morgan fingerprint density at radius 3 is 2.64 bits per heavy atom. The van der Waals surface area contributed by atoms with Crippen molar-refractivity contribution in [2.45, 2.75) is 43.7 Å². The molecule has 0 aliphatic heterocycles. The van der Waals surface area contributed by atoms with E-state index >= 15 is 0 Å². The Bertz CT molecular complexity index is 824. The molecule has 132 valence electrons. The Balaban J connectivity index is 1.85. The van der Waals surface area contributed by atoms with Gasteiger partial charge in [0, 0.05) is 16.0 Å². The zero-order chi connectivity index (χ0) is 18.1. The molecule has 3 rings (SSSR count). The van der Waals surface area contributed by atoms with Crippen molar-refractivity contribution in [2.75, 3.05) is 6.26 Å². The van der Waals surface area contributed by atoms with Crippen molar-refractivity contribution in [3.05, 3.63) is 50.9 Å². The van der Waals surface area contributed by atoms with Gasteiger partial charge in [-0.15, -0.1) is 11.8 Å². The van der Waals surface area contributed by atoms with Crippen LogP contribution < -0.4 is 5.32 Å². The summed E-state index contributed by atoms with van der Waals surface area (Å²) in [5, 5.41) is 4.81. The van der Waals surface area contributed by atoms with E-state index in [4.69, 9.17) is 23.2 Å². The second-order valence-corrected chi connectivity index (χ2v) is 7.83. The standard InChI is InChI=1S/C18H19Cl2N3OS/c1-9(13-7-6-12(19)8-14(13)20)22-17(24)15-10(2)21-16(11-4-5-11)23-18(15)25-3/h6-9,11H,4-5H2,1-3H3,(H,22,24). The van der Waals surface area contributed by atoms with Gasteiger partial charge < -0.3 is 5.32 Å². The largest absolute Gasteiger partial charge is 0.345 e. The fourth-order valence-electron chi connectivity index (χ4n) is 2.70. The molecule has 1 amide bonds. The first-order valence-electron chi connectivity index (χ1n) is 8.09. The number of nitrogens with one attached hydrogen (secondary N) is 1. The van der Waals surface area contributed by atoms with E-state index in [2.05, 4.69) is 15.3 Å². The zero-order valence-electron chi connectivity index (χ0n) is 14.3. The Kier molecular flexibility index (Phi) is 5.56. The second kappa shape index (κ2) is 7.52. The van der Waals surface area contributed by atoms with E-state index in [-0.39, 0.29) is 11.9 Å². The zero-order valence-corrected chi connectivity index (χ0v) is 16.6. The van der Waals surface area contributed by atoms with Crippen LogP contribution in [0.15, 0.2) is 23.2 Å². The number of aromatic nitrogens is 2. The van der Waals surface area contributed by atoms with Crippen LogP contribution in [0.4, 0.5) is 0 Å². The lowest BCUT2D eigenvalue weighted by atomic mass is 10.1. The number of carbonyl (C=O) groups is 1. The smallest absolute Gasteiger partial charge is 0.256 e. The fourth-order valence-corrected chi connectivity index (χ4v) is 3.90. The van der Waals surface area contributed by atoms with Gasteiger partial charge in [-0.3, -0.25) is 4.79 Å². The summed E-state index contributed by atoms with van der Waals surface area (Å²) in [5.41, 5.74) is 2.07. The number of carbonyl (C=O) groups excluding carboxylic acids is 1. The van der Waals surface area contributed by atoms with E-state index in [0.29, 0.717) is 27.2 Å². The van der Waals surface area contributed by atoms with Gasteiger partial charge in [-0.2, -0.15) is 0 Å². The molecule has 1 saturated carbocycles. The lowest BCUT2D eigenvalue weighted by molar-refractivity contribution is 0.0935. The van der Waals surface area contributed by atoms with Crippen LogP contribution in [0.25, 0.3) is 0 Å². The lowest BCUT2D eigenvalue weighted by Crippen LogP contribution is -2.28. The molecule has 0 radical (unpaired) electrons. The van der Waals surface area contributed by atoms with E-state index in [1.54, 1.807) is 12.1 Å². The van der Waals surface area contributed by atoms with E-state index in [9.17, 15) is 4.79 Å². The highest BCUT2D eigenvalue weighted by atomic mass is 35.5. The van der Waals surface area contributed by atoms with Crippen LogP contribution in [0.3, 0.4) is 0 Å². The number of hydrogen-bond acceptors (Lipinski definition) is 4. The fraction of sp³-hybridized carbons (Fsp3) is 0.389. The Morgan fingerprint density at radius 1 is 1.32 bits per heavy atom. The summed E-state index contributed by atoms with van der Waals surface area (Å²) in [6.45, 7) is 3.75. The number of aryl methyl sites for hydroxylation is 1. The normalized spacial score (nSPS) is 15.1. The van der Waals surface area contributed by atoms with Gasteiger partial charge in [0.2, 0.25) is 0 Å². The number of halogens is 2. The van der Waals surface area contributed by atoms with Crippen molar-refractivity contribution in [3.63, 3.8) is 0 Å². The minimum Gasteiger partial charge on any atom is -0.345 e. The predicted octanol–water partition coefficient (Wildman–Crippen LogP) is 5.18. The molecule has 1 N–H and O–H groups in total. The summed E-state index contributed by atoms with van der Waals surface area (Å²) < 4.78 is 0. The minimum absolute atomic E-state index is 0.192. The molecule has 1 atom stereocenters. The molecule has 25 heavy (non-hydrogen) atoms. The van der Waals surface area contributed by atoms with Gasteiger partial charge in [0.15, 0.2) is 0 Å². The average Bonchev–Trinajstić information content (AvgIpc) is 3.38. The first-order valence-corrected chi connectivity index (χ1v) is 10.1. The summed E-state index contributed by atoms with van der Waals surface area (Å²) in [7, 11) is 0. The summed E-state index contributed by atoms with van der Waals surface area (Å²) in [6.07, 6.45) is 4.19. The maximum absolute atomic E-state index is 12.8. The van der Waals surface area contributed by atoms with Crippen molar-refractivity contribution >= 4 is 40.9 Å². The molecule has 4 nitrogen and oxygen atoms in total. The first-order chi connectivity index (χ1) is 11.9. The summed E-state index contributed by atoms with van der Waals surface area (Å²) in [5.74, 6) is 1.11. The molecule has 0 saturated heterocycles. The minimum atomic E-state index is -0.255. The van der Waals surface area contributed by atoms with E-state index < -0.39 is 0 Å². The van der Waals surface area contributed by atoms with Gasteiger partial charge in [0.1, 0.15) is 10.9 Å². The lowest BCUT2D eigenvalue weighted by Gasteiger charge is -2.18. The van der Waals surface area contributed by atoms with Gasteiger partial charge in [-0.1, -0.05) is 29.3 Å². The molecule has 1 fully saturated rings. The molecule has 0 bridgehead atoms. The molecular formula is C18H19Cl2N3OS. The monoisotopic (exact) mass is 395 g/mol. The van der Waals surface area contributed by atoms with Crippen LogP contribution in [-0.4, -0.2) is 22.1 Å². The van der Waals surface area contributed by atoms with Gasteiger partial charge in [-0.05, 0) is 50.6 Å². The maximum Gasteiger partial charge on any atom is 0.256 e. The Labute approximate surface area is 161 Å². The van der Waals surface area contributed by atoms with Crippen molar-refractivity contribution in [3.8, 4) is 0 Å². The number of thioether (sulfide) groups is 1. The van der Waals surface area contributed by atoms with Crippen LogP contribution >= 0.6 is 35.0 Å². The van der Waals surface area contributed by atoms with E-state index in [1.807, 2.05) is 26.2 Å². The Morgan fingerprint density at radius 2 is 2.04 bits per heavy atom. The Hall–Kier alpha value is -1.30. The third kappa shape index (κ3) is 4.10. The summed E-state index contributed by atoms with van der Waals surface area (Å²) in [4.78, 5) is 22.0. The third-order valence-corrected chi connectivity index (χ3v) is 5.46. The van der Waals surface area contributed by atoms with Gasteiger partial charge in [-0.25, -0.2) is 9.97 Å². The number of benzene rings is 1. The van der Waals surface area contributed by atoms with Crippen LogP contribution in [0.1, 0.15) is 59.2 Å². The second-order valence-electron chi connectivity index (χ2n) is 6.19. The van der Waals surface area contributed by atoms with Gasteiger partial charge >= 0.3 is 0 Å². The van der Waals surface area contributed by atoms with E-state index in [0.717, 1.165) is 29.3 Å². The molecule has 1 heterocycles. The molecular weight excluding hydrogens is 377 g/mol. The molecule has 1 unspecified atom stereocenters. The highest BCUT2D eigenvalue weighted by Gasteiger charge is 2.29. The van der Waals surface area contributed by atoms with Gasteiger partial charge in [0.25, 0.3) is 5.91 Å². The van der Waals surface area contributed by atoms with Crippen LogP contribution in [-0.2, 0) is 0 Å². The van der Waals surface area contributed by atoms with E-state index in [1.165, 1.54) is 11.8 Å². The van der Waals surface area contributed by atoms with Crippen LogP contribution in [0.2, 0.25) is 10.0 Å². The number of nitrogens with zero attached hydrogens (tertiary/aromatic N) is 2. The molecule has 2 aromatic rings. The van der Waals surface area contributed by atoms with Gasteiger partial charge in [0.05, 0.1) is 17.3 Å². The van der Waals surface area contributed by atoms with Crippen molar-refractivity contribution in [1.29, 1.82) is 0 Å². The summed E-state index contributed by atoms with van der Waals surface area (Å²) >= 11 is 13.6. The quantitative estimate of drug-likeness (QED) is 0.559. The molecule has 1 aromatic heterocycles.